The molecule has 3 nitrogen and oxygen atoms in total. The van der Waals surface area contributed by atoms with E-state index in [-0.39, 0.29) is 39.1 Å². The molecule has 0 aromatic rings. The first-order chi connectivity index (χ1) is 16.2. The summed E-state index contributed by atoms with van der Waals surface area (Å²) in [5, 5.41) is 10.7. The molecule has 3 heteroatoms. The SMILES string of the molecule is CC(=O)O[C@H]1CC[C@]2(C)[C@H]3CC=C4[C@H]5CC(C)(C)CC[C@]5(CO)CC[C@@]4(C)[C@]3(C)CC[C@H]2C1(C)C. The molecule has 0 unspecified atom stereocenters. The van der Waals surface area contributed by atoms with E-state index in [0.717, 1.165) is 12.8 Å². The van der Waals surface area contributed by atoms with Gasteiger partial charge in [0, 0.05) is 24.4 Å². The van der Waals surface area contributed by atoms with Crippen LogP contribution in [-0.4, -0.2) is 23.8 Å². The number of allylic oxidation sites excluding steroid dienone is 2. The van der Waals surface area contributed by atoms with Gasteiger partial charge >= 0.3 is 5.97 Å². The van der Waals surface area contributed by atoms with Crippen molar-refractivity contribution in [2.45, 2.75) is 126 Å². The molecule has 5 aliphatic rings. The Morgan fingerprint density at radius 3 is 2.29 bits per heavy atom. The molecule has 0 aliphatic heterocycles. The maximum absolute atomic E-state index is 11.9. The highest BCUT2D eigenvalue weighted by Crippen LogP contribution is 2.75. The molecule has 0 spiro atoms. The molecule has 4 fully saturated rings. The maximum Gasteiger partial charge on any atom is 0.302 e. The molecule has 35 heavy (non-hydrogen) atoms. The molecule has 5 rings (SSSR count). The van der Waals surface area contributed by atoms with Crippen molar-refractivity contribution in [1.82, 2.24) is 0 Å². The molecular formula is C32H52O3. The predicted octanol–water partition coefficient (Wildman–Crippen LogP) is 7.71. The van der Waals surface area contributed by atoms with Gasteiger partial charge < -0.3 is 9.84 Å². The van der Waals surface area contributed by atoms with Gasteiger partial charge in [-0.05, 0) is 104 Å². The second kappa shape index (κ2) is 7.84. The van der Waals surface area contributed by atoms with Crippen LogP contribution < -0.4 is 0 Å². The Morgan fingerprint density at radius 2 is 1.63 bits per heavy atom. The molecule has 4 saturated carbocycles. The Bertz CT molecular complexity index is 916. The maximum atomic E-state index is 11.9. The lowest BCUT2D eigenvalue weighted by atomic mass is 9.33. The van der Waals surface area contributed by atoms with Gasteiger partial charge in [0.15, 0.2) is 0 Å². The molecule has 0 amide bonds. The first kappa shape index (κ1) is 25.8. The number of fused-ring (bicyclic) bond motifs is 7. The van der Waals surface area contributed by atoms with Gasteiger partial charge in [-0.2, -0.15) is 0 Å². The van der Waals surface area contributed by atoms with Crippen molar-refractivity contribution in [2.75, 3.05) is 6.61 Å². The lowest BCUT2D eigenvalue weighted by molar-refractivity contribution is -0.213. The fourth-order valence-electron chi connectivity index (χ4n) is 11.0. The topological polar surface area (TPSA) is 46.5 Å². The number of esters is 1. The zero-order valence-corrected chi connectivity index (χ0v) is 23.9. The van der Waals surface area contributed by atoms with Gasteiger partial charge in [0.05, 0.1) is 0 Å². The predicted molar refractivity (Wildman–Crippen MR) is 142 cm³/mol. The number of aliphatic hydroxyl groups excluding tert-OH is 1. The number of carbonyl (C=O) groups excluding carboxylic acids is 1. The Morgan fingerprint density at radius 1 is 0.943 bits per heavy atom. The highest BCUT2D eigenvalue weighted by molar-refractivity contribution is 5.66. The van der Waals surface area contributed by atoms with Crippen molar-refractivity contribution in [1.29, 1.82) is 0 Å². The van der Waals surface area contributed by atoms with Crippen molar-refractivity contribution in [3.63, 3.8) is 0 Å². The summed E-state index contributed by atoms with van der Waals surface area (Å²) in [4.78, 5) is 11.9. The van der Waals surface area contributed by atoms with Crippen molar-refractivity contribution in [2.24, 2.45) is 50.2 Å². The first-order valence-corrected chi connectivity index (χ1v) is 14.6. The van der Waals surface area contributed by atoms with Gasteiger partial charge in [-0.1, -0.05) is 60.1 Å². The fourth-order valence-corrected chi connectivity index (χ4v) is 11.0. The standard InChI is InChI=1S/C32H52O3/c1-21(34)35-26-12-13-29(6)24(28(26,4)5)11-14-31(8)25(29)10-9-22-23-19-27(2,3)15-17-32(23,20-33)18-16-30(22,31)7/h9,23-26,33H,10-20H2,1-8H3/t23-,24+,25-,26+,29+,30-,31-,32-/m1/s1. The Balaban J connectivity index is 1.53. The number of ether oxygens (including phenoxy) is 1. The summed E-state index contributed by atoms with van der Waals surface area (Å²) in [5.74, 6) is 1.65. The molecule has 8 atom stereocenters. The van der Waals surface area contributed by atoms with Crippen LogP contribution >= 0.6 is 0 Å². The summed E-state index contributed by atoms with van der Waals surface area (Å²) in [7, 11) is 0. The molecule has 5 aliphatic carbocycles. The fraction of sp³-hybridized carbons (Fsp3) is 0.906. The molecule has 0 aromatic heterocycles. The molecule has 198 valence electrons. The van der Waals surface area contributed by atoms with Gasteiger partial charge in [0.1, 0.15) is 6.10 Å². The summed E-state index contributed by atoms with van der Waals surface area (Å²) in [6.07, 6.45) is 14.6. The monoisotopic (exact) mass is 484 g/mol. The lowest BCUT2D eigenvalue weighted by Crippen LogP contribution is -2.65. The summed E-state index contributed by atoms with van der Waals surface area (Å²) >= 11 is 0. The van der Waals surface area contributed by atoms with Crippen molar-refractivity contribution >= 4 is 5.97 Å². The largest absolute Gasteiger partial charge is 0.462 e. The quantitative estimate of drug-likeness (QED) is 0.322. The van der Waals surface area contributed by atoms with Gasteiger partial charge in [-0.25, -0.2) is 0 Å². The third kappa shape index (κ3) is 3.41. The summed E-state index contributed by atoms with van der Waals surface area (Å²) in [6, 6.07) is 0. The number of carbonyl (C=O) groups is 1. The van der Waals surface area contributed by atoms with Crippen molar-refractivity contribution in [3.8, 4) is 0 Å². The Labute approximate surface area is 214 Å². The molecule has 0 heterocycles. The van der Waals surface area contributed by atoms with E-state index in [4.69, 9.17) is 4.74 Å². The Hall–Kier alpha value is -0.830. The third-order valence-corrected chi connectivity index (χ3v) is 13.4. The molecule has 0 aromatic carbocycles. The summed E-state index contributed by atoms with van der Waals surface area (Å²) in [5.41, 5.74) is 2.98. The number of hydrogen-bond acceptors (Lipinski definition) is 3. The zero-order valence-electron chi connectivity index (χ0n) is 23.9. The van der Waals surface area contributed by atoms with Crippen LogP contribution in [0.1, 0.15) is 120 Å². The second-order valence-electron chi connectivity index (χ2n) is 15.7. The van der Waals surface area contributed by atoms with Crippen LogP contribution in [0.15, 0.2) is 11.6 Å². The first-order valence-electron chi connectivity index (χ1n) is 14.6. The second-order valence-corrected chi connectivity index (χ2v) is 15.7. The summed E-state index contributed by atoms with van der Waals surface area (Å²) in [6.45, 7) is 19.4. The normalized spacial score (nSPS) is 50.0. The number of rotatable bonds is 2. The van der Waals surface area contributed by atoms with Gasteiger partial charge in [-0.3, -0.25) is 4.79 Å². The minimum absolute atomic E-state index is 0.0108. The average Bonchev–Trinajstić information content (AvgIpc) is 2.76. The van der Waals surface area contributed by atoms with Crippen LogP contribution in [0.25, 0.3) is 0 Å². The van der Waals surface area contributed by atoms with Gasteiger partial charge in [0.25, 0.3) is 0 Å². The van der Waals surface area contributed by atoms with Crippen LogP contribution in [0.2, 0.25) is 0 Å². The highest BCUT2D eigenvalue weighted by atomic mass is 16.5. The van der Waals surface area contributed by atoms with E-state index in [1.807, 2.05) is 0 Å². The van der Waals surface area contributed by atoms with E-state index in [2.05, 4.69) is 54.5 Å². The smallest absolute Gasteiger partial charge is 0.302 e. The van der Waals surface area contributed by atoms with Crippen molar-refractivity contribution < 1.29 is 14.6 Å². The van der Waals surface area contributed by atoms with Crippen LogP contribution in [-0.2, 0) is 9.53 Å². The van der Waals surface area contributed by atoms with E-state index in [1.54, 1.807) is 12.5 Å². The van der Waals surface area contributed by atoms with Gasteiger partial charge in [0.2, 0.25) is 0 Å². The minimum atomic E-state index is -0.130. The van der Waals surface area contributed by atoms with E-state index < -0.39 is 0 Å². The Kier molecular flexibility index (Phi) is 5.78. The van der Waals surface area contributed by atoms with Crippen LogP contribution in [0.4, 0.5) is 0 Å². The van der Waals surface area contributed by atoms with Crippen LogP contribution in [0, 0.1) is 50.2 Å². The number of hydrogen-bond donors (Lipinski definition) is 1. The van der Waals surface area contributed by atoms with Gasteiger partial charge in [-0.15, -0.1) is 0 Å². The minimum Gasteiger partial charge on any atom is -0.462 e. The number of aliphatic hydroxyl groups is 1. The van der Waals surface area contributed by atoms with Crippen LogP contribution in [0.5, 0.6) is 0 Å². The zero-order chi connectivity index (χ0) is 25.7. The molecule has 0 radical (unpaired) electrons. The van der Waals surface area contributed by atoms with E-state index in [1.165, 1.54) is 51.4 Å². The molecule has 0 bridgehead atoms. The van der Waals surface area contributed by atoms with Crippen LogP contribution in [0.3, 0.4) is 0 Å². The molecular weight excluding hydrogens is 432 g/mol. The van der Waals surface area contributed by atoms with E-state index in [9.17, 15) is 9.90 Å². The highest BCUT2D eigenvalue weighted by Gasteiger charge is 2.68. The average molecular weight is 485 g/mol. The third-order valence-electron chi connectivity index (χ3n) is 13.4. The van der Waals surface area contributed by atoms with Crippen molar-refractivity contribution in [3.05, 3.63) is 11.6 Å². The summed E-state index contributed by atoms with van der Waals surface area (Å²) < 4.78 is 5.89. The molecule has 1 N–H and O–H groups in total. The van der Waals surface area contributed by atoms with E-state index in [0.29, 0.717) is 29.8 Å². The molecule has 0 saturated heterocycles. The lowest BCUT2D eigenvalue weighted by Gasteiger charge is -2.71. The van der Waals surface area contributed by atoms with E-state index >= 15 is 0 Å².